The van der Waals surface area contributed by atoms with Crippen LogP contribution >= 0.6 is 0 Å². The van der Waals surface area contributed by atoms with E-state index in [1.807, 2.05) is 39.8 Å². The quantitative estimate of drug-likeness (QED) is 0.740. The Kier molecular flexibility index (Phi) is 6.09. The normalized spacial score (nSPS) is 22.0. The van der Waals surface area contributed by atoms with Crippen LogP contribution in [0, 0.1) is 5.92 Å². The van der Waals surface area contributed by atoms with Gasteiger partial charge in [-0.2, -0.15) is 0 Å². The highest BCUT2D eigenvalue weighted by molar-refractivity contribution is 7.90. The van der Waals surface area contributed by atoms with Gasteiger partial charge in [0.25, 0.3) is 0 Å². The summed E-state index contributed by atoms with van der Waals surface area (Å²) in [7, 11) is 0. The minimum Gasteiger partial charge on any atom is -0.598 e. The van der Waals surface area contributed by atoms with Crippen LogP contribution in [0.1, 0.15) is 70.5 Å². The van der Waals surface area contributed by atoms with Crippen LogP contribution in [0.15, 0.2) is 18.2 Å². The topological polar surface area (TPSA) is 55.4 Å². The molecule has 1 saturated carbocycles. The van der Waals surface area contributed by atoms with Crippen molar-refractivity contribution in [1.82, 2.24) is 4.72 Å². The highest BCUT2D eigenvalue weighted by atomic mass is 32.2. The second-order valence-electron chi connectivity index (χ2n) is 8.98. The molecule has 3 rings (SSSR count). The predicted octanol–water partition coefficient (Wildman–Crippen LogP) is 4.51. The number of fused-ring (bicyclic) bond motifs is 1. The van der Waals surface area contributed by atoms with E-state index in [4.69, 9.17) is 0 Å². The van der Waals surface area contributed by atoms with Gasteiger partial charge in [0.1, 0.15) is 4.75 Å². The number of alkyl halides is 2. The van der Waals surface area contributed by atoms with Crippen LogP contribution in [0.5, 0.6) is 0 Å². The third-order valence-corrected chi connectivity index (χ3v) is 7.35. The third-order valence-electron chi connectivity index (χ3n) is 5.67. The number of rotatable bonds is 4. The fourth-order valence-electron chi connectivity index (χ4n) is 3.83. The van der Waals surface area contributed by atoms with Crippen molar-refractivity contribution in [2.75, 3.05) is 11.4 Å². The number of carbonyl (C=O) groups is 1. The van der Waals surface area contributed by atoms with Gasteiger partial charge in [-0.15, -0.1) is 4.72 Å². The van der Waals surface area contributed by atoms with Crippen LogP contribution in [0.25, 0.3) is 0 Å². The Balaban J connectivity index is 1.68. The molecule has 1 aromatic carbocycles. The molecule has 2 aliphatic rings. The van der Waals surface area contributed by atoms with Crippen molar-refractivity contribution in [2.45, 2.75) is 76.5 Å². The molecular weight excluding hydrogens is 382 g/mol. The minimum absolute atomic E-state index is 0.0259. The average Bonchev–Trinajstić information content (AvgIpc) is 3.03. The summed E-state index contributed by atoms with van der Waals surface area (Å²) in [6, 6.07) is 5.88. The molecule has 4 nitrogen and oxygen atoms in total. The molecule has 1 aliphatic heterocycles. The van der Waals surface area contributed by atoms with Gasteiger partial charge in [0, 0.05) is 42.4 Å². The van der Waals surface area contributed by atoms with Crippen LogP contribution < -0.4 is 9.62 Å². The van der Waals surface area contributed by atoms with Gasteiger partial charge in [-0.3, -0.25) is 4.79 Å². The van der Waals surface area contributed by atoms with E-state index in [1.54, 1.807) is 4.90 Å². The molecule has 1 amide bonds. The molecule has 0 bridgehead atoms. The largest absolute Gasteiger partial charge is 0.598 e. The lowest BCUT2D eigenvalue weighted by molar-refractivity contribution is -0.126. The van der Waals surface area contributed by atoms with E-state index in [2.05, 4.69) is 10.8 Å². The van der Waals surface area contributed by atoms with E-state index >= 15 is 0 Å². The highest BCUT2D eigenvalue weighted by Crippen LogP contribution is 2.39. The first-order chi connectivity index (χ1) is 13.0. The molecule has 1 fully saturated rings. The number of carbonyl (C=O) groups excluding carboxylic acids is 1. The van der Waals surface area contributed by atoms with Crippen LogP contribution in [0.4, 0.5) is 14.5 Å². The van der Waals surface area contributed by atoms with Crippen molar-refractivity contribution < 1.29 is 18.1 Å². The zero-order chi connectivity index (χ0) is 20.7. The molecule has 28 heavy (non-hydrogen) atoms. The molecule has 1 N–H and O–H groups in total. The fourth-order valence-corrected chi connectivity index (χ4v) is 4.64. The van der Waals surface area contributed by atoms with Gasteiger partial charge >= 0.3 is 0 Å². The van der Waals surface area contributed by atoms with Crippen molar-refractivity contribution in [2.24, 2.45) is 5.92 Å². The summed E-state index contributed by atoms with van der Waals surface area (Å²) in [5.41, 5.74) is 3.00. The molecule has 1 heterocycles. The molecule has 0 radical (unpaired) electrons. The Hall–Kier alpha value is -1.18. The van der Waals surface area contributed by atoms with E-state index in [9.17, 15) is 18.1 Å². The summed E-state index contributed by atoms with van der Waals surface area (Å²) in [4.78, 5) is 14.6. The zero-order valence-electron chi connectivity index (χ0n) is 17.1. The molecular formula is C21H30F2N2O2S. The molecule has 1 aromatic rings. The summed E-state index contributed by atoms with van der Waals surface area (Å²) >= 11 is -1.17. The fraction of sp³-hybridized carbons (Fsp3) is 0.667. The van der Waals surface area contributed by atoms with Crippen molar-refractivity contribution >= 4 is 23.0 Å². The molecule has 2 atom stereocenters. The van der Waals surface area contributed by atoms with E-state index in [-0.39, 0.29) is 48.3 Å². The van der Waals surface area contributed by atoms with E-state index < -0.39 is 17.3 Å². The maximum Gasteiger partial charge on any atom is 0.248 e. The average molecular weight is 413 g/mol. The summed E-state index contributed by atoms with van der Waals surface area (Å²) in [6.07, 6.45) is 0.881. The monoisotopic (exact) mass is 412 g/mol. The van der Waals surface area contributed by atoms with Gasteiger partial charge in [-0.25, -0.2) is 8.78 Å². The number of hydrogen-bond donors (Lipinski definition) is 1. The van der Waals surface area contributed by atoms with Crippen molar-refractivity contribution in [3.05, 3.63) is 29.3 Å². The Bertz CT molecular complexity index is 726. The molecule has 1 aliphatic carbocycles. The van der Waals surface area contributed by atoms with Crippen LogP contribution in [-0.2, 0) is 22.6 Å². The van der Waals surface area contributed by atoms with Gasteiger partial charge in [0.15, 0.2) is 0 Å². The number of hydrogen-bond acceptors (Lipinski definition) is 3. The second-order valence-corrected chi connectivity index (χ2v) is 11.0. The van der Waals surface area contributed by atoms with E-state index in [0.29, 0.717) is 6.54 Å². The molecule has 156 valence electrons. The summed E-state index contributed by atoms with van der Waals surface area (Å²) < 4.78 is 41.9. The third kappa shape index (κ3) is 4.69. The first-order valence-corrected chi connectivity index (χ1v) is 11.1. The molecule has 0 unspecified atom stereocenters. The smallest absolute Gasteiger partial charge is 0.248 e. The molecule has 0 aromatic heterocycles. The van der Waals surface area contributed by atoms with E-state index in [0.717, 1.165) is 23.2 Å². The minimum atomic E-state index is -2.62. The molecule has 7 heteroatoms. The van der Waals surface area contributed by atoms with Gasteiger partial charge in [-0.1, -0.05) is 12.1 Å². The van der Waals surface area contributed by atoms with E-state index in [1.165, 1.54) is 0 Å². The Morgan fingerprint density at radius 1 is 1.32 bits per heavy atom. The first kappa shape index (κ1) is 21.5. The zero-order valence-corrected chi connectivity index (χ0v) is 17.9. The maximum atomic E-state index is 13.4. The summed E-state index contributed by atoms with van der Waals surface area (Å²) in [5, 5.41) is 0. The lowest BCUT2D eigenvalue weighted by Gasteiger charge is -2.30. The van der Waals surface area contributed by atoms with Crippen LogP contribution in [0.3, 0.4) is 0 Å². The maximum absolute atomic E-state index is 13.4. The number of anilines is 1. The lowest BCUT2D eigenvalue weighted by Crippen LogP contribution is -2.40. The highest BCUT2D eigenvalue weighted by Gasteiger charge is 2.40. The second kappa shape index (κ2) is 7.92. The standard InChI is InChI=1S/C21H30F2N2O2S/c1-14(24-28(27)20(2,3)4)16-5-6-18-17(13-16)9-12-25(18)19(26)15-7-10-21(22,23)11-8-15/h5-6,13-15,24H,7-12H2,1-4H3/t14-,28-/m1/s1. The van der Waals surface area contributed by atoms with Gasteiger partial charge in [0.2, 0.25) is 11.8 Å². The summed E-state index contributed by atoms with van der Waals surface area (Å²) in [5.74, 6) is -2.95. The lowest BCUT2D eigenvalue weighted by atomic mass is 9.86. The number of benzene rings is 1. The van der Waals surface area contributed by atoms with Crippen LogP contribution in [-0.4, -0.2) is 27.7 Å². The van der Waals surface area contributed by atoms with Gasteiger partial charge in [0.05, 0.1) is 6.04 Å². The number of nitrogens with zero attached hydrogens (tertiary/aromatic N) is 1. The number of nitrogens with one attached hydrogen (secondary N) is 1. The van der Waals surface area contributed by atoms with Gasteiger partial charge in [-0.05, 0) is 64.2 Å². The summed E-state index contributed by atoms with van der Waals surface area (Å²) in [6.45, 7) is 8.36. The Labute approximate surface area is 169 Å². The first-order valence-electron chi connectivity index (χ1n) is 9.98. The van der Waals surface area contributed by atoms with Crippen molar-refractivity contribution in [1.29, 1.82) is 0 Å². The van der Waals surface area contributed by atoms with Gasteiger partial charge < -0.3 is 9.45 Å². The molecule has 0 saturated heterocycles. The predicted molar refractivity (Wildman–Crippen MR) is 109 cm³/mol. The van der Waals surface area contributed by atoms with Crippen molar-refractivity contribution in [3.8, 4) is 0 Å². The molecule has 0 spiro atoms. The van der Waals surface area contributed by atoms with Crippen LogP contribution in [0.2, 0.25) is 0 Å². The SMILES string of the molecule is C[C@@H](N[S@+]([O-])C(C)(C)C)c1ccc2c(c1)CCN2C(=O)C1CCC(F)(F)CC1. The Morgan fingerprint density at radius 3 is 2.57 bits per heavy atom. The number of halogens is 2. The Morgan fingerprint density at radius 2 is 1.96 bits per heavy atom. The number of amides is 1. The van der Waals surface area contributed by atoms with Crippen molar-refractivity contribution in [3.63, 3.8) is 0 Å².